The van der Waals surface area contributed by atoms with Crippen LogP contribution in [-0.2, 0) is 11.2 Å². The molecule has 0 spiro atoms. The maximum Gasteiger partial charge on any atom is 0.225 e. The summed E-state index contributed by atoms with van der Waals surface area (Å²) in [5.41, 5.74) is 5.11. The van der Waals surface area contributed by atoms with Gasteiger partial charge in [-0.15, -0.1) is 0 Å². The summed E-state index contributed by atoms with van der Waals surface area (Å²) in [6.07, 6.45) is 4.77. The fraction of sp³-hybridized carbons (Fsp3) is 0.412. The highest BCUT2D eigenvalue weighted by atomic mass is 16.5. The Labute approximate surface area is 125 Å². The van der Waals surface area contributed by atoms with Gasteiger partial charge in [-0.1, -0.05) is 23.8 Å². The van der Waals surface area contributed by atoms with E-state index in [-0.39, 0.29) is 0 Å². The number of hydrogen-bond acceptors (Lipinski definition) is 4. The fourth-order valence-electron chi connectivity index (χ4n) is 2.58. The molecule has 0 saturated carbocycles. The first-order valence-electron chi connectivity index (χ1n) is 7.42. The summed E-state index contributed by atoms with van der Waals surface area (Å²) in [6.45, 7) is 7.53. The third kappa shape index (κ3) is 3.39. The Morgan fingerprint density at radius 1 is 1.10 bits per heavy atom. The molecule has 1 aliphatic heterocycles. The highest BCUT2D eigenvalue weighted by Gasteiger charge is 2.13. The molecule has 0 aliphatic carbocycles. The zero-order valence-electron chi connectivity index (χ0n) is 12.7. The van der Waals surface area contributed by atoms with Gasteiger partial charge >= 0.3 is 0 Å². The average Bonchev–Trinajstić information content (AvgIpc) is 2.53. The first kappa shape index (κ1) is 14.0. The van der Waals surface area contributed by atoms with Crippen LogP contribution in [0.3, 0.4) is 0 Å². The summed E-state index contributed by atoms with van der Waals surface area (Å²) >= 11 is 0. The van der Waals surface area contributed by atoms with Gasteiger partial charge < -0.3 is 9.64 Å². The quantitative estimate of drug-likeness (QED) is 0.867. The van der Waals surface area contributed by atoms with Gasteiger partial charge in [0.25, 0.3) is 0 Å². The molecule has 2 heterocycles. The van der Waals surface area contributed by atoms with Crippen LogP contribution in [0.4, 0.5) is 5.95 Å². The lowest BCUT2D eigenvalue weighted by Crippen LogP contribution is -2.37. The van der Waals surface area contributed by atoms with Gasteiger partial charge in [-0.2, -0.15) is 0 Å². The molecular weight excluding hydrogens is 262 g/mol. The van der Waals surface area contributed by atoms with Crippen molar-refractivity contribution >= 4 is 5.95 Å². The van der Waals surface area contributed by atoms with Crippen LogP contribution in [0.2, 0.25) is 0 Å². The molecule has 1 saturated heterocycles. The average molecular weight is 283 g/mol. The first-order chi connectivity index (χ1) is 10.2. The van der Waals surface area contributed by atoms with Gasteiger partial charge in [0.15, 0.2) is 0 Å². The third-order valence-corrected chi connectivity index (χ3v) is 3.88. The van der Waals surface area contributed by atoms with E-state index in [1.54, 1.807) is 0 Å². The van der Waals surface area contributed by atoms with Crippen LogP contribution in [0.25, 0.3) is 0 Å². The van der Waals surface area contributed by atoms with E-state index in [1.807, 2.05) is 12.4 Å². The molecule has 0 amide bonds. The molecule has 0 bridgehead atoms. The van der Waals surface area contributed by atoms with E-state index in [1.165, 1.54) is 16.7 Å². The van der Waals surface area contributed by atoms with Gasteiger partial charge in [0.05, 0.1) is 13.2 Å². The molecule has 4 heteroatoms. The Bertz CT molecular complexity index is 604. The van der Waals surface area contributed by atoms with Crippen LogP contribution >= 0.6 is 0 Å². The highest BCUT2D eigenvalue weighted by molar-refractivity contribution is 5.36. The second kappa shape index (κ2) is 6.22. The van der Waals surface area contributed by atoms with Crippen molar-refractivity contribution in [3.63, 3.8) is 0 Å². The van der Waals surface area contributed by atoms with Crippen molar-refractivity contribution in [2.24, 2.45) is 0 Å². The number of nitrogens with zero attached hydrogens (tertiary/aromatic N) is 3. The third-order valence-electron chi connectivity index (χ3n) is 3.88. The Morgan fingerprint density at radius 3 is 2.52 bits per heavy atom. The van der Waals surface area contributed by atoms with Gasteiger partial charge in [-0.05, 0) is 30.5 Å². The van der Waals surface area contributed by atoms with E-state index in [0.29, 0.717) is 0 Å². The molecule has 3 rings (SSSR count). The predicted molar refractivity (Wildman–Crippen MR) is 83.8 cm³/mol. The van der Waals surface area contributed by atoms with Crippen molar-refractivity contribution in [3.05, 3.63) is 52.8 Å². The summed E-state index contributed by atoms with van der Waals surface area (Å²) in [5.74, 6) is 0.808. The standard InChI is InChI=1S/C17H21N3O/c1-13-3-4-14(2)16(9-13)10-15-11-18-17(19-12-15)20-5-7-21-8-6-20/h3-4,9,11-12H,5-8,10H2,1-2H3. The van der Waals surface area contributed by atoms with Gasteiger partial charge in [-0.3, -0.25) is 0 Å². The van der Waals surface area contributed by atoms with Crippen molar-refractivity contribution in [2.45, 2.75) is 20.3 Å². The minimum absolute atomic E-state index is 0.758. The first-order valence-corrected chi connectivity index (χ1v) is 7.42. The summed E-state index contributed by atoms with van der Waals surface area (Å²) < 4.78 is 5.35. The summed E-state index contributed by atoms with van der Waals surface area (Å²) in [6, 6.07) is 6.57. The van der Waals surface area contributed by atoms with Crippen molar-refractivity contribution < 1.29 is 4.74 Å². The topological polar surface area (TPSA) is 38.2 Å². The molecule has 4 nitrogen and oxygen atoms in total. The molecule has 0 atom stereocenters. The Kier molecular flexibility index (Phi) is 4.15. The molecule has 110 valence electrons. The maximum atomic E-state index is 5.35. The zero-order valence-corrected chi connectivity index (χ0v) is 12.7. The minimum atomic E-state index is 0.758. The van der Waals surface area contributed by atoms with E-state index in [4.69, 9.17) is 4.74 Å². The Morgan fingerprint density at radius 2 is 1.81 bits per heavy atom. The van der Waals surface area contributed by atoms with Gasteiger partial charge in [0.2, 0.25) is 5.95 Å². The van der Waals surface area contributed by atoms with Crippen LogP contribution in [0, 0.1) is 13.8 Å². The minimum Gasteiger partial charge on any atom is -0.378 e. The second-order valence-electron chi connectivity index (χ2n) is 5.60. The number of rotatable bonds is 3. The molecular formula is C17H21N3O. The van der Waals surface area contributed by atoms with Crippen molar-refractivity contribution in [1.82, 2.24) is 9.97 Å². The zero-order chi connectivity index (χ0) is 14.7. The fourth-order valence-corrected chi connectivity index (χ4v) is 2.58. The van der Waals surface area contributed by atoms with Crippen LogP contribution < -0.4 is 4.90 Å². The lowest BCUT2D eigenvalue weighted by atomic mass is 10.0. The smallest absolute Gasteiger partial charge is 0.225 e. The Balaban J connectivity index is 1.73. The summed E-state index contributed by atoms with van der Waals surface area (Å²) in [5, 5.41) is 0. The van der Waals surface area contributed by atoms with Crippen LogP contribution in [-0.4, -0.2) is 36.3 Å². The Hall–Kier alpha value is -1.94. The van der Waals surface area contributed by atoms with Gasteiger partial charge in [0, 0.05) is 31.9 Å². The lowest BCUT2D eigenvalue weighted by molar-refractivity contribution is 0.122. The van der Waals surface area contributed by atoms with Crippen LogP contribution in [0.5, 0.6) is 0 Å². The highest BCUT2D eigenvalue weighted by Crippen LogP contribution is 2.16. The van der Waals surface area contributed by atoms with Crippen LogP contribution in [0.1, 0.15) is 22.3 Å². The molecule has 2 aromatic rings. The molecule has 1 aliphatic rings. The molecule has 0 radical (unpaired) electrons. The number of aryl methyl sites for hydroxylation is 2. The van der Waals surface area contributed by atoms with Crippen molar-refractivity contribution in [3.8, 4) is 0 Å². The van der Waals surface area contributed by atoms with Gasteiger partial charge in [0.1, 0.15) is 0 Å². The number of anilines is 1. The normalized spacial score (nSPS) is 15.2. The van der Waals surface area contributed by atoms with Crippen molar-refractivity contribution in [2.75, 3.05) is 31.2 Å². The summed E-state index contributed by atoms with van der Waals surface area (Å²) in [7, 11) is 0. The number of morpholine rings is 1. The van der Waals surface area contributed by atoms with E-state index < -0.39 is 0 Å². The van der Waals surface area contributed by atoms with Crippen molar-refractivity contribution in [1.29, 1.82) is 0 Å². The molecule has 0 N–H and O–H groups in total. The van der Waals surface area contributed by atoms with E-state index in [9.17, 15) is 0 Å². The molecule has 1 fully saturated rings. The number of benzene rings is 1. The van der Waals surface area contributed by atoms with E-state index in [0.717, 1.165) is 44.2 Å². The summed E-state index contributed by atoms with van der Waals surface area (Å²) in [4.78, 5) is 11.2. The largest absolute Gasteiger partial charge is 0.378 e. The molecule has 1 aromatic carbocycles. The molecule has 1 aromatic heterocycles. The maximum absolute atomic E-state index is 5.35. The number of ether oxygens (including phenoxy) is 1. The SMILES string of the molecule is Cc1ccc(C)c(Cc2cnc(N3CCOCC3)nc2)c1. The number of hydrogen-bond donors (Lipinski definition) is 0. The van der Waals surface area contributed by atoms with E-state index in [2.05, 4.69) is 46.9 Å². The van der Waals surface area contributed by atoms with E-state index >= 15 is 0 Å². The second-order valence-corrected chi connectivity index (χ2v) is 5.60. The monoisotopic (exact) mass is 283 g/mol. The van der Waals surface area contributed by atoms with Crippen LogP contribution in [0.15, 0.2) is 30.6 Å². The lowest BCUT2D eigenvalue weighted by Gasteiger charge is -2.26. The number of aromatic nitrogens is 2. The predicted octanol–water partition coefficient (Wildman–Crippen LogP) is 2.52. The molecule has 0 unspecified atom stereocenters. The molecule has 21 heavy (non-hydrogen) atoms. The van der Waals surface area contributed by atoms with Gasteiger partial charge in [-0.25, -0.2) is 9.97 Å².